The molecule has 0 atom stereocenters. The molecule has 1 heterocycles. The molecular weight excluding hydrogens is 322 g/mol. The highest BCUT2D eigenvalue weighted by Gasteiger charge is 2.09. The van der Waals surface area contributed by atoms with E-state index < -0.39 is 0 Å². The quantitative estimate of drug-likeness (QED) is 0.722. The van der Waals surface area contributed by atoms with Gasteiger partial charge >= 0.3 is 0 Å². The summed E-state index contributed by atoms with van der Waals surface area (Å²) in [6.07, 6.45) is 1.46. The molecule has 1 amide bonds. The smallest absolute Gasteiger partial charge is 0.270 e. The van der Waals surface area contributed by atoms with Crippen molar-refractivity contribution < 1.29 is 9.53 Å². The van der Waals surface area contributed by atoms with Crippen LogP contribution in [0.3, 0.4) is 0 Å². The van der Waals surface area contributed by atoms with Crippen LogP contribution in [-0.2, 0) is 6.42 Å². The number of rotatable bonds is 8. The molecule has 0 saturated heterocycles. The fraction of sp³-hybridized carbons (Fsp3) is 0.333. The SMILES string of the molecule is Cl.NCCc1nc(C(=O)NCCCOc2ccccc2)cs1. The van der Waals surface area contributed by atoms with Crippen LogP contribution in [0.1, 0.15) is 21.9 Å². The van der Waals surface area contributed by atoms with E-state index in [9.17, 15) is 4.79 Å². The van der Waals surface area contributed by atoms with Crippen molar-refractivity contribution in [2.24, 2.45) is 5.73 Å². The number of benzene rings is 1. The van der Waals surface area contributed by atoms with E-state index in [1.807, 2.05) is 30.3 Å². The number of thiazole rings is 1. The number of nitrogens with two attached hydrogens (primary N) is 1. The summed E-state index contributed by atoms with van der Waals surface area (Å²) in [5.74, 6) is 0.698. The molecule has 0 radical (unpaired) electrons. The minimum absolute atomic E-state index is 0. The minimum atomic E-state index is -0.144. The van der Waals surface area contributed by atoms with Crippen LogP contribution < -0.4 is 15.8 Å². The molecule has 0 aliphatic rings. The van der Waals surface area contributed by atoms with Crippen LogP contribution >= 0.6 is 23.7 Å². The van der Waals surface area contributed by atoms with E-state index in [1.54, 1.807) is 5.38 Å². The maximum atomic E-state index is 11.9. The van der Waals surface area contributed by atoms with Crippen LogP contribution in [0.2, 0.25) is 0 Å². The monoisotopic (exact) mass is 341 g/mol. The number of nitrogens with one attached hydrogen (secondary N) is 1. The van der Waals surface area contributed by atoms with Gasteiger partial charge < -0.3 is 15.8 Å². The van der Waals surface area contributed by atoms with E-state index in [0.29, 0.717) is 31.8 Å². The van der Waals surface area contributed by atoms with Gasteiger partial charge in [0.15, 0.2) is 0 Å². The molecule has 1 aromatic carbocycles. The summed E-state index contributed by atoms with van der Waals surface area (Å²) in [5, 5.41) is 5.50. The summed E-state index contributed by atoms with van der Waals surface area (Å²) in [7, 11) is 0. The van der Waals surface area contributed by atoms with Gasteiger partial charge in [-0.2, -0.15) is 0 Å². The number of hydrogen-bond donors (Lipinski definition) is 2. The van der Waals surface area contributed by atoms with Crippen LogP contribution in [0.4, 0.5) is 0 Å². The van der Waals surface area contributed by atoms with Crippen LogP contribution in [0.15, 0.2) is 35.7 Å². The molecule has 0 saturated carbocycles. The molecule has 0 aliphatic carbocycles. The van der Waals surface area contributed by atoms with E-state index >= 15 is 0 Å². The van der Waals surface area contributed by atoms with E-state index in [2.05, 4.69) is 10.3 Å². The molecule has 1 aromatic heterocycles. The third-order valence-electron chi connectivity index (χ3n) is 2.76. The van der Waals surface area contributed by atoms with Crippen molar-refractivity contribution in [3.05, 3.63) is 46.4 Å². The van der Waals surface area contributed by atoms with Crippen molar-refractivity contribution in [2.75, 3.05) is 19.7 Å². The van der Waals surface area contributed by atoms with Gasteiger partial charge in [-0.05, 0) is 25.1 Å². The first-order valence-electron chi connectivity index (χ1n) is 6.90. The van der Waals surface area contributed by atoms with Crippen molar-refractivity contribution in [1.82, 2.24) is 10.3 Å². The van der Waals surface area contributed by atoms with Crippen LogP contribution in [0.25, 0.3) is 0 Å². The molecule has 22 heavy (non-hydrogen) atoms. The van der Waals surface area contributed by atoms with Crippen molar-refractivity contribution in [3.63, 3.8) is 0 Å². The molecule has 2 aromatic rings. The van der Waals surface area contributed by atoms with E-state index in [4.69, 9.17) is 10.5 Å². The number of carbonyl (C=O) groups excluding carboxylic acids is 1. The lowest BCUT2D eigenvalue weighted by atomic mass is 10.3. The molecule has 0 bridgehead atoms. The van der Waals surface area contributed by atoms with Gasteiger partial charge in [0.2, 0.25) is 0 Å². The largest absolute Gasteiger partial charge is 0.494 e. The minimum Gasteiger partial charge on any atom is -0.494 e. The molecule has 3 N–H and O–H groups in total. The topological polar surface area (TPSA) is 77.2 Å². The van der Waals surface area contributed by atoms with Crippen molar-refractivity contribution in [1.29, 1.82) is 0 Å². The third-order valence-corrected chi connectivity index (χ3v) is 3.67. The first-order chi connectivity index (χ1) is 10.3. The number of hydrogen-bond acceptors (Lipinski definition) is 5. The van der Waals surface area contributed by atoms with Gasteiger partial charge in [-0.3, -0.25) is 4.79 Å². The second-order valence-corrected chi connectivity index (χ2v) is 5.38. The van der Waals surface area contributed by atoms with E-state index in [-0.39, 0.29) is 18.3 Å². The lowest BCUT2D eigenvalue weighted by Crippen LogP contribution is -2.25. The Kier molecular flexibility index (Phi) is 8.50. The normalized spacial score (nSPS) is 9.86. The lowest BCUT2D eigenvalue weighted by Gasteiger charge is -2.06. The molecule has 120 valence electrons. The van der Waals surface area contributed by atoms with Crippen LogP contribution in [0, 0.1) is 0 Å². The lowest BCUT2D eigenvalue weighted by molar-refractivity contribution is 0.0947. The summed E-state index contributed by atoms with van der Waals surface area (Å²) in [5.41, 5.74) is 5.92. The standard InChI is InChI=1S/C15H19N3O2S.ClH/c16-8-7-14-18-13(11-21-14)15(19)17-9-4-10-20-12-5-2-1-3-6-12;/h1-3,5-6,11H,4,7-10,16H2,(H,17,19);1H. The second-order valence-electron chi connectivity index (χ2n) is 4.44. The Hall–Kier alpha value is -1.63. The summed E-state index contributed by atoms with van der Waals surface area (Å²) >= 11 is 1.47. The first-order valence-corrected chi connectivity index (χ1v) is 7.78. The predicted molar refractivity (Wildman–Crippen MR) is 91.0 cm³/mol. The predicted octanol–water partition coefficient (Wildman–Crippen LogP) is 2.26. The zero-order chi connectivity index (χ0) is 14.9. The number of aromatic nitrogens is 1. The van der Waals surface area contributed by atoms with Gasteiger partial charge in [-0.15, -0.1) is 23.7 Å². The maximum absolute atomic E-state index is 11.9. The Bertz CT molecular complexity index is 563. The number of nitrogens with zero attached hydrogens (tertiary/aromatic N) is 1. The second kappa shape index (κ2) is 10.2. The first kappa shape index (κ1) is 18.4. The molecule has 2 rings (SSSR count). The highest BCUT2D eigenvalue weighted by atomic mass is 35.5. The van der Waals surface area contributed by atoms with E-state index in [0.717, 1.165) is 17.2 Å². The third kappa shape index (κ3) is 6.01. The average Bonchev–Trinajstić information content (AvgIpc) is 2.97. The molecule has 5 nitrogen and oxygen atoms in total. The Morgan fingerprint density at radius 2 is 2.09 bits per heavy atom. The van der Waals surface area contributed by atoms with Crippen molar-refractivity contribution >= 4 is 29.7 Å². The molecule has 0 fully saturated rings. The van der Waals surface area contributed by atoms with Gasteiger partial charge in [0.05, 0.1) is 11.6 Å². The Balaban J connectivity index is 0.00000242. The van der Waals surface area contributed by atoms with Crippen LogP contribution in [-0.4, -0.2) is 30.6 Å². The Labute approximate surface area is 140 Å². The van der Waals surface area contributed by atoms with Gasteiger partial charge in [0.1, 0.15) is 11.4 Å². The zero-order valence-electron chi connectivity index (χ0n) is 12.2. The molecular formula is C15H20ClN3O2S. The maximum Gasteiger partial charge on any atom is 0.270 e. The van der Waals surface area contributed by atoms with E-state index in [1.165, 1.54) is 11.3 Å². The summed E-state index contributed by atoms with van der Waals surface area (Å²) in [4.78, 5) is 16.1. The van der Waals surface area contributed by atoms with Crippen molar-refractivity contribution in [2.45, 2.75) is 12.8 Å². The molecule has 7 heteroatoms. The van der Waals surface area contributed by atoms with Crippen LogP contribution in [0.5, 0.6) is 5.75 Å². The molecule has 0 aliphatic heterocycles. The summed E-state index contributed by atoms with van der Waals surface area (Å²) < 4.78 is 5.55. The Morgan fingerprint density at radius 1 is 1.32 bits per heavy atom. The zero-order valence-corrected chi connectivity index (χ0v) is 13.8. The van der Waals surface area contributed by atoms with Crippen molar-refractivity contribution in [3.8, 4) is 5.75 Å². The number of halogens is 1. The fourth-order valence-corrected chi connectivity index (χ4v) is 2.52. The van der Waals surface area contributed by atoms with Gasteiger partial charge in [0, 0.05) is 18.3 Å². The number of carbonyl (C=O) groups is 1. The number of amides is 1. The molecule has 0 unspecified atom stereocenters. The highest BCUT2D eigenvalue weighted by Crippen LogP contribution is 2.10. The average molecular weight is 342 g/mol. The Morgan fingerprint density at radius 3 is 2.82 bits per heavy atom. The summed E-state index contributed by atoms with van der Waals surface area (Å²) in [6, 6.07) is 9.62. The molecule has 0 spiro atoms. The van der Waals surface area contributed by atoms with Gasteiger partial charge in [-0.25, -0.2) is 4.98 Å². The van der Waals surface area contributed by atoms with Gasteiger partial charge in [0.25, 0.3) is 5.91 Å². The number of ether oxygens (including phenoxy) is 1. The number of para-hydroxylation sites is 1. The fourth-order valence-electron chi connectivity index (χ4n) is 1.72. The van der Waals surface area contributed by atoms with Gasteiger partial charge in [-0.1, -0.05) is 18.2 Å². The summed E-state index contributed by atoms with van der Waals surface area (Å²) in [6.45, 7) is 1.68. The highest BCUT2D eigenvalue weighted by molar-refractivity contribution is 7.09.